The summed E-state index contributed by atoms with van der Waals surface area (Å²) in [7, 11) is 1.85. The Morgan fingerprint density at radius 3 is 2.36 bits per heavy atom. The van der Waals surface area contributed by atoms with Crippen molar-refractivity contribution in [2.75, 3.05) is 13.6 Å². The van der Waals surface area contributed by atoms with Gasteiger partial charge in [-0.25, -0.2) is 9.78 Å². The van der Waals surface area contributed by atoms with Crippen LogP contribution in [0.1, 0.15) is 54.6 Å². The zero-order valence-corrected chi connectivity index (χ0v) is 16.4. The number of nitrogens with zero attached hydrogens (tertiary/aromatic N) is 2. The Kier molecular flexibility index (Phi) is 3.80. The SMILES string of the molecule is Cc1cc(C(=O)N(C)CC23CC4CC(CC(C4)C2)C3)nc2[nH]c(=O)[nH]c(=O)c12. The molecule has 148 valence electrons. The standard InChI is InChI=1S/C21H26N4O3/c1-11-3-15(22-17-16(11)18(26)24-20(28)23-17)19(27)25(2)10-21-7-12-4-13(8-21)6-14(5-12)9-21/h3,12-14H,4-10H2,1-2H3,(H2,22,23,24,26,28). The normalized spacial score (nSPS) is 30.7. The first-order valence-corrected chi connectivity index (χ1v) is 10.2. The van der Waals surface area contributed by atoms with Crippen molar-refractivity contribution >= 4 is 16.9 Å². The Morgan fingerprint density at radius 2 is 1.75 bits per heavy atom. The van der Waals surface area contributed by atoms with E-state index in [1.54, 1.807) is 17.9 Å². The maximum absolute atomic E-state index is 13.1. The first-order chi connectivity index (χ1) is 13.3. The average Bonchev–Trinajstić information content (AvgIpc) is 2.58. The fraction of sp³-hybridized carbons (Fsp3) is 0.619. The lowest BCUT2D eigenvalue weighted by Gasteiger charge is -2.57. The largest absolute Gasteiger partial charge is 0.340 e. The molecule has 0 aliphatic heterocycles. The molecule has 2 aromatic heterocycles. The molecule has 28 heavy (non-hydrogen) atoms. The molecule has 6 rings (SSSR count). The highest BCUT2D eigenvalue weighted by atomic mass is 16.2. The van der Waals surface area contributed by atoms with E-state index < -0.39 is 11.2 Å². The van der Waals surface area contributed by atoms with Gasteiger partial charge < -0.3 is 4.90 Å². The minimum absolute atomic E-state index is 0.151. The summed E-state index contributed by atoms with van der Waals surface area (Å²) in [5.41, 5.74) is 0.240. The predicted molar refractivity (Wildman–Crippen MR) is 105 cm³/mol. The third kappa shape index (κ3) is 2.79. The average molecular weight is 382 g/mol. The number of fused-ring (bicyclic) bond motifs is 1. The maximum Gasteiger partial charge on any atom is 0.327 e. The third-order valence-corrected chi connectivity index (χ3v) is 7.21. The molecule has 2 aromatic rings. The van der Waals surface area contributed by atoms with Crippen molar-refractivity contribution in [3.8, 4) is 0 Å². The first kappa shape index (κ1) is 17.6. The zero-order chi connectivity index (χ0) is 19.6. The van der Waals surface area contributed by atoms with Crippen LogP contribution in [0.4, 0.5) is 0 Å². The summed E-state index contributed by atoms with van der Waals surface area (Å²) in [6, 6.07) is 1.65. The number of nitrogens with one attached hydrogen (secondary N) is 2. The first-order valence-electron chi connectivity index (χ1n) is 10.2. The Morgan fingerprint density at radius 1 is 1.14 bits per heavy atom. The van der Waals surface area contributed by atoms with Gasteiger partial charge in [0.25, 0.3) is 11.5 Å². The number of carbonyl (C=O) groups is 1. The van der Waals surface area contributed by atoms with Crippen LogP contribution in [0.2, 0.25) is 0 Å². The van der Waals surface area contributed by atoms with Gasteiger partial charge >= 0.3 is 5.69 Å². The lowest BCUT2D eigenvalue weighted by Crippen LogP contribution is -2.51. The monoisotopic (exact) mass is 382 g/mol. The minimum atomic E-state index is -0.615. The van der Waals surface area contributed by atoms with E-state index in [-0.39, 0.29) is 22.7 Å². The molecular weight excluding hydrogens is 356 g/mol. The van der Waals surface area contributed by atoms with E-state index in [1.165, 1.54) is 38.5 Å². The van der Waals surface area contributed by atoms with Crippen molar-refractivity contribution < 1.29 is 4.79 Å². The summed E-state index contributed by atoms with van der Waals surface area (Å²) in [6.07, 6.45) is 7.86. The summed E-state index contributed by atoms with van der Waals surface area (Å²) >= 11 is 0. The zero-order valence-electron chi connectivity index (χ0n) is 16.4. The number of amides is 1. The lowest BCUT2D eigenvalue weighted by atomic mass is 9.49. The van der Waals surface area contributed by atoms with Gasteiger partial charge in [-0.2, -0.15) is 0 Å². The van der Waals surface area contributed by atoms with Crippen molar-refractivity contribution in [3.05, 3.63) is 38.2 Å². The van der Waals surface area contributed by atoms with Crippen molar-refractivity contribution in [1.29, 1.82) is 0 Å². The van der Waals surface area contributed by atoms with Crippen molar-refractivity contribution in [1.82, 2.24) is 19.9 Å². The van der Waals surface area contributed by atoms with Gasteiger partial charge in [-0.3, -0.25) is 19.6 Å². The second-order valence-electron chi connectivity index (χ2n) is 9.54. The molecule has 0 aromatic carbocycles. The summed E-state index contributed by atoms with van der Waals surface area (Å²) in [6.45, 7) is 2.52. The molecule has 0 atom stereocenters. The van der Waals surface area contributed by atoms with Gasteiger partial charge in [0.05, 0.1) is 5.39 Å². The molecule has 0 radical (unpaired) electrons. The van der Waals surface area contributed by atoms with Crippen LogP contribution in [-0.2, 0) is 0 Å². The third-order valence-electron chi connectivity index (χ3n) is 7.21. The van der Waals surface area contributed by atoms with Gasteiger partial charge in [0, 0.05) is 13.6 Å². The number of rotatable bonds is 3. The van der Waals surface area contributed by atoms with Gasteiger partial charge in [-0.15, -0.1) is 0 Å². The quantitative estimate of drug-likeness (QED) is 0.850. The molecule has 0 spiro atoms. The van der Waals surface area contributed by atoms with Gasteiger partial charge in [-0.1, -0.05) is 0 Å². The van der Waals surface area contributed by atoms with E-state index >= 15 is 0 Å². The number of carbonyl (C=O) groups excluding carboxylic acids is 1. The molecule has 7 heteroatoms. The number of aryl methyl sites for hydroxylation is 1. The van der Waals surface area contributed by atoms with E-state index in [1.807, 2.05) is 7.05 Å². The van der Waals surface area contributed by atoms with E-state index in [9.17, 15) is 14.4 Å². The molecule has 1 amide bonds. The van der Waals surface area contributed by atoms with Crippen LogP contribution >= 0.6 is 0 Å². The molecule has 7 nitrogen and oxygen atoms in total. The molecule has 4 bridgehead atoms. The van der Waals surface area contributed by atoms with Crippen LogP contribution in [0, 0.1) is 30.1 Å². The number of hydrogen-bond acceptors (Lipinski definition) is 4. The van der Waals surface area contributed by atoms with Crippen molar-refractivity contribution in [2.24, 2.45) is 23.2 Å². The summed E-state index contributed by atoms with van der Waals surface area (Å²) in [5, 5.41) is 0.319. The minimum Gasteiger partial charge on any atom is -0.340 e. The summed E-state index contributed by atoms with van der Waals surface area (Å²) < 4.78 is 0. The number of aromatic amines is 2. The molecular formula is C21H26N4O3. The molecule has 4 aliphatic rings. The molecule has 4 aliphatic carbocycles. The summed E-state index contributed by atoms with van der Waals surface area (Å²) in [5.74, 6) is 2.37. The fourth-order valence-electron chi connectivity index (χ4n) is 6.72. The number of H-pyrrole nitrogens is 2. The summed E-state index contributed by atoms with van der Waals surface area (Å²) in [4.78, 5) is 47.6. The number of hydrogen-bond donors (Lipinski definition) is 2. The smallest absolute Gasteiger partial charge is 0.327 e. The van der Waals surface area contributed by atoms with Crippen LogP contribution in [0.5, 0.6) is 0 Å². The molecule has 2 N–H and O–H groups in total. The Hall–Kier alpha value is -2.44. The Bertz CT molecular complexity index is 1050. The van der Waals surface area contributed by atoms with Crippen LogP contribution < -0.4 is 11.2 Å². The van der Waals surface area contributed by atoms with Crippen molar-refractivity contribution in [2.45, 2.75) is 45.4 Å². The topological polar surface area (TPSA) is 98.9 Å². The highest BCUT2D eigenvalue weighted by molar-refractivity contribution is 5.95. The highest BCUT2D eigenvalue weighted by Gasteiger charge is 2.51. The van der Waals surface area contributed by atoms with Gasteiger partial charge in [0.1, 0.15) is 11.3 Å². The molecule has 0 saturated heterocycles. The number of aromatic nitrogens is 3. The Balaban J connectivity index is 1.43. The van der Waals surface area contributed by atoms with E-state index in [4.69, 9.17) is 0 Å². The molecule has 4 saturated carbocycles. The Labute approximate surface area is 162 Å². The second-order valence-corrected chi connectivity index (χ2v) is 9.54. The van der Waals surface area contributed by atoms with Gasteiger partial charge in [-0.05, 0) is 80.2 Å². The van der Waals surface area contributed by atoms with E-state index in [0.717, 1.165) is 24.3 Å². The fourth-order valence-corrected chi connectivity index (χ4v) is 6.72. The van der Waals surface area contributed by atoms with E-state index in [0.29, 0.717) is 10.9 Å². The highest BCUT2D eigenvalue weighted by Crippen LogP contribution is 2.60. The maximum atomic E-state index is 13.1. The number of pyridine rings is 1. The molecule has 4 fully saturated rings. The van der Waals surface area contributed by atoms with Gasteiger partial charge in [0.2, 0.25) is 0 Å². The van der Waals surface area contributed by atoms with Crippen molar-refractivity contribution in [3.63, 3.8) is 0 Å². The van der Waals surface area contributed by atoms with Gasteiger partial charge in [0.15, 0.2) is 0 Å². The van der Waals surface area contributed by atoms with Crippen LogP contribution in [0.15, 0.2) is 15.7 Å². The molecule has 0 unspecified atom stereocenters. The van der Waals surface area contributed by atoms with Crippen LogP contribution in [-0.4, -0.2) is 39.4 Å². The lowest BCUT2D eigenvalue weighted by molar-refractivity contribution is -0.0629. The van der Waals surface area contributed by atoms with E-state index in [2.05, 4.69) is 15.0 Å². The second kappa shape index (κ2) is 6.03. The van der Waals surface area contributed by atoms with Crippen LogP contribution in [0.25, 0.3) is 11.0 Å². The van der Waals surface area contributed by atoms with Crippen LogP contribution in [0.3, 0.4) is 0 Å². The predicted octanol–water partition coefficient (Wildman–Crippen LogP) is 2.21. The molecule has 2 heterocycles.